The molecule has 11 amide bonds. The first kappa shape index (κ1) is 60.0. The summed E-state index contributed by atoms with van der Waals surface area (Å²) in [6.45, 7) is 3.84. The van der Waals surface area contributed by atoms with Crippen LogP contribution < -0.4 is 43.4 Å². The van der Waals surface area contributed by atoms with E-state index in [-0.39, 0.29) is 37.2 Å². The molecule has 11 N–H and O–H groups in total. The lowest BCUT2D eigenvalue weighted by Gasteiger charge is -2.41. The number of nitrogens with zero attached hydrogens (tertiary/aromatic N) is 4. The molecule has 0 saturated heterocycles. The Morgan fingerprint density at radius 1 is 0.750 bits per heavy atom. The highest BCUT2D eigenvalue weighted by Gasteiger charge is 2.39. The highest BCUT2D eigenvalue weighted by atomic mass is 19.1. The maximum atomic E-state index is 15.4. The van der Waals surface area contributed by atoms with E-state index in [4.69, 9.17) is 12.9 Å². The Kier molecular flexibility index (Phi) is 21.3. The fraction of sp³-hybridized carbons (Fsp3) is 0.370. The summed E-state index contributed by atoms with van der Waals surface area (Å²) in [6, 6.07) is 8.46. The molecule has 0 fully saturated rings. The third kappa shape index (κ3) is 17.9. The van der Waals surface area contributed by atoms with E-state index in [0.717, 1.165) is 42.8 Å². The van der Waals surface area contributed by atoms with E-state index in [1.807, 2.05) is 12.1 Å². The zero-order chi connectivity index (χ0) is 59.7. The normalized spacial score (nSPS) is 14.1. The van der Waals surface area contributed by atoms with E-state index < -0.39 is 151 Å². The van der Waals surface area contributed by atoms with Crippen molar-refractivity contribution in [2.75, 3.05) is 32.8 Å². The summed E-state index contributed by atoms with van der Waals surface area (Å²) in [5.41, 5.74) is 11.7. The average molecular weight is 1110 g/mol. The molecule has 80 heavy (non-hydrogen) atoms. The summed E-state index contributed by atoms with van der Waals surface area (Å²) >= 11 is 0. The van der Waals surface area contributed by atoms with Crippen LogP contribution in [0.4, 0.5) is 8.78 Å². The fourth-order valence-electron chi connectivity index (χ4n) is 8.59. The second-order valence-corrected chi connectivity index (χ2v) is 19.7. The van der Waals surface area contributed by atoms with Crippen molar-refractivity contribution in [1.82, 2.24) is 51.2 Å². The molecule has 0 bridgehead atoms. The maximum Gasteiger partial charge on any atom is 0.254 e. The molecule has 426 valence electrons. The summed E-state index contributed by atoms with van der Waals surface area (Å²) in [5, 5.41) is 22.7. The molecule has 24 nitrogen and oxygen atoms in total. The van der Waals surface area contributed by atoms with Gasteiger partial charge in [-0.3, -0.25) is 62.6 Å². The maximum absolute atomic E-state index is 15.4. The van der Waals surface area contributed by atoms with Crippen molar-refractivity contribution in [3.8, 4) is 11.1 Å². The molecule has 4 aromatic rings. The van der Waals surface area contributed by atoms with Gasteiger partial charge in [-0.15, -0.1) is 0 Å². The SMILES string of the molecule is [2H]N(C(=O)Cc1ccncc1)[C@@H](C)C(=O)N[C@@H](CC(N)=O)C(=O)N[C@@H](CC(N)=O)C(=O)N[C@@H](CCN(C(=O)CO)[C@@H](c1cc(-c2cc(F)ccc2F)cn1Cc1ccccc1)C(C)(C)C)C(=O)NCCNC(=O)CN1C(=O)C=CC1=O. The number of aliphatic hydroxyl groups is 1. The number of hydrogen-bond acceptors (Lipinski definition) is 13. The van der Waals surface area contributed by atoms with Crippen LogP contribution in [-0.2, 0) is 65.7 Å². The monoisotopic (exact) mass is 1110 g/mol. The highest BCUT2D eigenvalue weighted by molar-refractivity contribution is 6.14. The second-order valence-electron chi connectivity index (χ2n) is 19.7. The zero-order valence-corrected chi connectivity index (χ0v) is 44.3. The number of nitrogens with two attached hydrogens (primary N) is 2. The Labute approximate surface area is 459 Å². The number of rotatable bonds is 28. The van der Waals surface area contributed by atoms with Gasteiger partial charge in [0.05, 0.1) is 25.3 Å². The number of benzene rings is 2. The van der Waals surface area contributed by atoms with Crippen LogP contribution >= 0.6 is 0 Å². The summed E-state index contributed by atoms with van der Waals surface area (Å²) in [4.78, 5) is 150. The number of imide groups is 1. The second kappa shape index (κ2) is 28.4. The van der Waals surface area contributed by atoms with Crippen molar-refractivity contribution in [1.29, 1.82) is 0 Å². The first-order valence-corrected chi connectivity index (χ1v) is 25.1. The minimum atomic E-state index is -1.95. The van der Waals surface area contributed by atoms with Crippen molar-refractivity contribution in [3.63, 3.8) is 0 Å². The summed E-state index contributed by atoms with van der Waals surface area (Å²) in [6.07, 6.45) is 3.77. The van der Waals surface area contributed by atoms with E-state index in [9.17, 15) is 62.2 Å². The summed E-state index contributed by atoms with van der Waals surface area (Å²) < 4.78 is 40.1. The highest BCUT2D eigenvalue weighted by Crippen LogP contribution is 2.41. The van der Waals surface area contributed by atoms with Gasteiger partial charge in [-0.1, -0.05) is 51.1 Å². The minimum Gasteiger partial charge on any atom is -0.387 e. The molecular formula is C54H64F2N12O12. The quantitative estimate of drug-likeness (QED) is 0.0251. The molecule has 1 aliphatic heterocycles. The predicted octanol–water partition coefficient (Wildman–Crippen LogP) is -0.715. The summed E-state index contributed by atoms with van der Waals surface area (Å²) in [7, 11) is 0. The van der Waals surface area contributed by atoms with Crippen LogP contribution in [0.25, 0.3) is 11.1 Å². The Morgan fingerprint density at radius 3 is 1.93 bits per heavy atom. The van der Waals surface area contributed by atoms with Crippen LogP contribution in [0.15, 0.2) is 97.5 Å². The van der Waals surface area contributed by atoms with E-state index in [1.165, 1.54) is 29.4 Å². The van der Waals surface area contributed by atoms with Crippen LogP contribution in [0.3, 0.4) is 0 Å². The van der Waals surface area contributed by atoms with Gasteiger partial charge in [0.2, 0.25) is 53.2 Å². The van der Waals surface area contributed by atoms with Gasteiger partial charge in [-0.05, 0) is 66.3 Å². The van der Waals surface area contributed by atoms with Crippen LogP contribution in [0.2, 0.25) is 1.41 Å². The Bertz CT molecular complexity index is 3010. The van der Waals surface area contributed by atoms with E-state index in [0.29, 0.717) is 21.5 Å². The van der Waals surface area contributed by atoms with Gasteiger partial charge < -0.3 is 57.9 Å². The van der Waals surface area contributed by atoms with E-state index in [1.54, 1.807) is 55.8 Å². The molecule has 1 aliphatic rings. The molecular weight excluding hydrogens is 1050 g/mol. The smallest absolute Gasteiger partial charge is 0.254 e. The van der Waals surface area contributed by atoms with Gasteiger partial charge >= 0.3 is 0 Å². The Hall–Kier alpha value is -9.20. The third-order valence-corrected chi connectivity index (χ3v) is 12.4. The van der Waals surface area contributed by atoms with Gasteiger partial charge in [0, 0.05) is 73.7 Å². The van der Waals surface area contributed by atoms with Crippen molar-refractivity contribution in [2.24, 2.45) is 16.9 Å². The van der Waals surface area contributed by atoms with E-state index >= 15 is 4.39 Å². The van der Waals surface area contributed by atoms with Gasteiger partial charge in [0.1, 0.15) is 49.0 Å². The third-order valence-electron chi connectivity index (χ3n) is 12.4. The van der Waals surface area contributed by atoms with Gasteiger partial charge in [-0.25, -0.2) is 8.78 Å². The molecule has 0 radical (unpaired) electrons. The Balaban J connectivity index is 1.45. The number of halogens is 2. The van der Waals surface area contributed by atoms with Crippen LogP contribution in [0.1, 0.15) is 69.8 Å². The Morgan fingerprint density at radius 2 is 1.34 bits per heavy atom. The number of carbonyl (C=O) groups is 11. The molecule has 0 unspecified atom stereocenters. The average Bonchev–Trinajstić information content (AvgIpc) is 4.09. The standard InChI is InChI=1S/C54H64F2N12O12/c1-31(62-44(72)22-32-14-17-59-18-15-32)50(77)64-39(25-42(57)70)53(80)65-40(26-43(58)71)52(79)63-38(51(78)61-20-19-60-45(73)29-68-46(74)12-13-47(68)75)16-21-67(48(76)30-69)49(54(2,3)4)41-23-34(36-24-35(55)10-11-37(36)56)28-66(41)27-33-8-6-5-7-9-33/h5-15,17-18,23-24,28,31,38-40,49,69H,16,19-22,25-27,29-30H2,1-4H3,(H2,57,70)(H2,58,71)(H,60,73)(H,61,78)(H,62,72)(H,63,79)(H,64,77)(H,65,80)/t31-,38-,39-,40-,49-/m0/s1/i/hD. The number of primary amides is 2. The topological polar surface area (TPSA) is 357 Å². The molecule has 3 heterocycles. The molecule has 2 aromatic heterocycles. The molecule has 0 aliphatic carbocycles. The number of nitrogens with one attached hydrogen (secondary N) is 6. The van der Waals surface area contributed by atoms with Crippen molar-refractivity contribution in [3.05, 3.63) is 126 Å². The number of carbonyl (C=O) groups excluding carboxylic acids is 11. The molecule has 0 saturated carbocycles. The zero-order valence-electron chi connectivity index (χ0n) is 45.3. The van der Waals surface area contributed by atoms with Gasteiger partial charge in [-0.2, -0.15) is 0 Å². The molecule has 0 spiro atoms. The first-order chi connectivity index (χ1) is 38.3. The van der Waals surface area contributed by atoms with Crippen LogP contribution in [0, 0.1) is 17.0 Å². The molecule has 26 heteroatoms. The minimum absolute atomic E-state index is 0.0966. The lowest BCUT2D eigenvalue weighted by atomic mass is 9.82. The number of amides is 11. The number of aliphatic hydroxyl groups excluding tert-OH is 1. The van der Waals surface area contributed by atoms with Gasteiger partial charge in [0.25, 0.3) is 11.8 Å². The summed E-state index contributed by atoms with van der Waals surface area (Å²) in [5.74, 6) is -12.3. The largest absolute Gasteiger partial charge is 0.387 e. The van der Waals surface area contributed by atoms with Crippen LogP contribution in [0.5, 0.6) is 0 Å². The van der Waals surface area contributed by atoms with Crippen molar-refractivity contribution < 1.29 is 68.0 Å². The molecule has 5 rings (SSSR count). The first-order valence-electron chi connectivity index (χ1n) is 25.6. The number of hydrogen-bond donors (Lipinski definition) is 9. The lowest BCUT2D eigenvalue weighted by Crippen LogP contribution is -2.59. The van der Waals surface area contributed by atoms with Crippen LogP contribution in [-0.4, -0.2) is 146 Å². The number of pyridine rings is 1. The lowest BCUT2D eigenvalue weighted by molar-refractivity contribution is -0.141. The number of aromatic nitrogens is 2. The predicted molar refractivity (Wildman–Crippen MR) is 282 cm³/mol. The van der Waals surface area contributed by atoms with Crippen molar-refractivity contribution >= 4 is 65.0 Å². The fourth-order valence-corrected chi connectivity index (χ4v) is 8.59. The molecule has 5 atom stereocenters. The van der Waals surface area contributed by atoms with E-state index in [2.05, 4.69) is 31.6 Å². The van der Waals surface area contributed by atoms with Crippen molar-refractivity contribution in [2.45, 2.75) is 90.1 Å². The molecule has 2 aromatic carbocycles. The van der Waals surface area contributed by atoms with Gasteiger partial charge in [0.15, 0.2) is 1.41 Å².